The molecule has 156 valence electrons. The number of hydrogen-bond donors (Lipinski definition) is 3. The molecule has 4 N–H and O–H groups in total. The first-order valence-electron chi connectivity index (χ1n) is 8.83. The van der Waals surface area contributed by atoms with Crippen molar-refractivity contribution in [3.05, 3.63) is 76.0 Å². The number of aromatic nitrogens is 1. The van der Waals surface area contributed by atoms with Crippen LogP contribution in [0.4, 0.5) is 10.5 Å². The Morgan fingerprint density at radius 1 is 1.10 bits per heavy atom. The van der Waals surface area contributed by atoms with E-state index >= 15 is 0 Å². The Morgan fingerprint density at radius 3 is 2.33 bits per heavy atom. The van der Waals surface area contributed by atoms with E-state index in [1.165, 1.54) is 12.1 Å². The first-order valence-corrected chi connectivity index (χ1v) is 11.2. The summed E-state index contributed by atoms with van der Waals surface area (Å²) in [5.74, 6) is 0. The summed E-state index contributed by atoms with van der Waals surface area (Å²) in [4.78, 5) is 12.0. The van der Waals surface area contributed by atoms with E-state index in [0.29, 0.717) is 5.69 Å². The summed E-state index contributed by atoms with van der Waals surface area (Å²) >= 11 is 3.34. The van der Waals surface area contributed by atoms with Crippen molar-refractivity contribution in [3.63, 3.8) is 0 Å². The summed E-state index contributed by atoms with van der Waals surface area (Å²) in [6.45, 7) is 3.83. The molecule has 3 rings (SSSR count). The van der Waals surface area contributed by atoms with E-state index in [1.807, 2.05) is 36.6 Å². The van der Waals surface area contributed by atoms with Gasteiger partial charge in [0.1, 0.15) is 0 Å². The Kier molecular flexibility index (Phi) is 6.40. The van der Waals surface area contributed by atoms with Crippen molar-refractivity contribution in [3.8, 4) is 5.69 Å². The Hall–Kier alpha value is -2.95. The largest absolute Gasteiger partial charge is 0.339 e. The molecule has 2 amide bonds. The second kappa shape index (κ2) is 8.82. The molecule has 0 atom stereocenters. The number of halogens is 1. The van der Waals surface area contributed by atoms with Gasteiger partial charge in [0, 0.05) is 32.8 Å². The molecule has 0 aliphatic carbocycles. The van der Waals surface area contributed by atoms with Gasteiger partial charge in [-0.1, -0.05) is 15.9 Å². The molecule has 0 saturated heterocycles. The molecule has 1 heterocycles. The third kappa shape index (κ3) is 5.15. The number of hydrogen-bond acceptors (Lipinski definition) is 4. The summed E-state index contributed by atoms with van der Waals surface area (Å²) in [5.41, 5.74) is 6.49. The number of carbonyl (C=O) groups is 1. The van der Waals surface area contributed by atoms with Crippen LogP contribution in [0.1, 0.15) is 17.0 Å². The van der Waals surface area contributed by atoms with Crippen molar-refractivity contribution < 1.29 is 13.2 Å². The summed E-state index contributed by atoms with van der Waals surface area (Å²) < 4.78 is 25.7. The maximum atomic E-state index is 12.0. The van der Waals surface area contributed by atoms with Gasteiger partial charge in [0.25, 0.3) is 0 Å². The second-order valence-electron chi connectivity index (χ2n) is 6.53. The number of nitrogens with one attached hydrogen (secondary N) is 2. The van der Waals surface area contributed by atoms with Gasteiger partial charge >= 0.3 is 6.03 Å². The number of sulfonamides is 1. The Balaban J connectivity index is 1.72. The fourth-order valence-electron chi connectivity index (χ4n) is 2.95. The summed E-state index contributed by atoms with van der Waals surface area (Å²) in [5, 5.41) is 11.8. The zero-order chi connectivity index (χ0) is 21.9. The molecular weight excluding hydrogens is 470 g/mol. The van der Waals surface area contributed by atoms with Crippen LogP contribution in [0.2, 0.25) is 0 Å². The number of anilines is 1. The quantitative estimate of drug-likeness (QED) is 0.374. The molecule has 0 unspecified atom stereocenters. The molecule has 0 aliphatic heterocycles. The van der Waals surface area contributed by atoms with E-state index in [0.717, 1.165) is 27.1 Å². The number of primary sulfonamides is 1. The number of urea groups is 1. The van der Waals surface area contributed by atoms with Crippen LogP contribution >= 0.6 is 15.9 Å². The summed E-state index contributed by atoms with van der Waals surface area (Å²) in [6, 6.07) is 14.9. The van der Waals surface area contributed by atoms with Crippen LogP contribution < -0.4 is 15.9 Å². The van der Waals surface area contributed by atoms with E-state index in [2.05, 4.69) is 31.8 Å². The zero-order valence-corrected chi connectivity index (χ0v) is 18.7. The molecule has 8 nitrogen and oxygen atoms in total. The van der Waals surface area contributed by atoms with Crippen molar-refractivity contribution in [2.45, 2.75) is 18.7 Å². The lowest BCUT2D eigenvalue weighted by atomic mass is 10.2. The summed E-state index contributed by atoms with van der Waals surface area (Å²) in [6.07, 6.45) is 1.55. The molecule has 3 aromatic rings. The fraction of sp³-hybridized carbons (Fsp3) is 0.100. The van der Waals surface area contributed by atoms with Gasteiger partial charge in [-0.3, -0.25) is 0 Å². The molecule has 0 saturated carbocycles. The molecule has 30 heavy (non-hydrogen) atoms. The number of nitrogens with zero attached hydrogens (tertiary/aromatic N) is 2. The minimum absolute atomic E-state index is 0.0523. The van der Waals surface area contributed by atoms with Gasteiger partial charge in [0.15, 0.2) is 0 Å². The number of aryl methyl sites for hydroxylation is 1. The molecule has 0 spiro atoms. The van der Waals surface area contributed by atoms with Gasteiger partial charge < -0.3 is 9.88 Å². The first-order chi connectivity index (χ1) is 14.1. The van der Waals surface area contributed by atoms with Crippen molar-refractivity contribution in [1.29, 1.82) is 0 Å². The Morgan fingerprint density at radius 2 is 1.73 bits per heavy atom. The van der Waals surface area contributed by atoms with E-state index in [4.69, 9.17) is 5.14 Å². The van der Waals surface area contributed by atoms with Gasteiger partial charge in [-0.05, 0) is 68.4 Å². The predicted molar refractivity (Wildman–Crippen MR) is 121 cm³/mol. The van der Waals surface area contributed by atoms with Crippen molar-refractivity contribution in [2.75, 3.05) is 5.32 Å². The smallest absolute Gasteiger partial charge is 0.318 e. The van der Waals surface area contributed by atoms with Crippen molar-refractivity contribution >= 4 is 43.9 Å². The number of hydrazone groups is 1. The van der Waals surface area contributed by atoms with Gasteiger partial charge in [0.05, 0.1) is 11.1 Å². The monoisotopic (exact) mass is 489 g/mol. The molecule has 0 radical (unpaired) electrons. The van der Waals surface area contributed by atoms with E-state index in [9.17, 15) is 13.2 Å². The fourth-order valence-corrected chi connectivity index (χ4v) is 3.73. The molecule has 0 fully saturated rings. The first kappa shape index (κ1) is 21.8. The highest BCUT2D eigenvalue weighted by atomic mass is 79.9. The maximum absolute atomic E-state index is 12.0. The van der Waals surface area contributed by atoms with E-state index < -0.39 is 16.1 Å². The highest BCUT2D eigenvalue weighted by Crippen LogP contribution is 2.21. The normalized spacial score (nSPS) is 11.6. The number of benzene rings is 2. The molecule has 1 aromatic heterocycles. The van der Waals surface area contributed by atoms with Crippen LogP contribution in [0.3, 0.4) is 0 Å². The maximum Gasteiger partial charge on any atom is 0.339 e. The lowest BCUT2D eigenvalue weighted by molar-refractivity contribution is 0.252. The third-order valence-corrected chi connectivity index (χ3v) is 5.82. The second-order valence-corrected chi connectivity index (χ2v) is 9.01. The van der Waals surface area contributed by atoms with Crippen LogP contribution in [0.25, 0.3) is 5.69 Å². The lowest BCUT2D eigenvalue weighted by Gasteiger charge is -2.10. The van der Waals surface area contributed by atoms with Crippen LogP contribution in [-0.2, 0) is 10.0 Å². The van der Waals surface area contributed by atoms with E-state index in [1.54, 1.807) is 30.5 Å². The van der Waals surface area contributed by atoms with Crippen LogP contribution in [-0.4, -0.2) is 25.2 Å². The highest BCUT2D eigenvalue weighted by molar-refractivity contribution is 9.10. The average Bonchev–Trinajstić information content (AvgIpc) is 2.96. The van der Waals surface area contributed by atoms with Crippen LogP contribution in [0, 0.1) is 13.8 Å². The standard InChI is InChI=1S/C20H20BrN5O3S/c1-13-11-15(12-23-25-20(27)24-17-5-3-16(21)4-6-17)14(2)26(13)18-7-9-19(10-8-18)30(22,28)29/h3-12H,1-2H3,(H2,22,28,29)(H2,24,25,27)/b23-12+. The zero-order valence-electron chi connectivity index (χ0n) is 16.3. The molecular formula is C20H20BrN5O3S. The topological polar surface area (TPSA) is 119 Å². The van der Waals surface area contributed by atoms with Gasteiger partial charge in [-0.25, -0.2) is 23.8 Å². The Labute approximate surface area is 183 Å². The molecule has 10 heteroatoms. The van der Waals surface area contributed by atoms with Gasteiger partial charge in [-0.2, -0.15) is 5.10 Å². The minimum Gasteiger partial charge on any atom is -0.318 e. The number of carbonyl (C=O) groups excluding carboxylic acids is 1. The predicted octanol–water partition coefficient (Wildman–Crippen LogP) is 3.66. The van der Waals surface area contributed by atoms with Crippen molar-refractivity contribution in [2.24, 2.45) is 10.2 Å². The van der Waals surface area contributed by atoms with Crippen LogP contribution in [0.5, 0.6) is 0 Å². The average molecular weight is 490 g/mol. The Bertz CT molecular complexity index is 1200. The molecule has 2 aromatic carbocycles. The molecule has 0 aliphatic rings. The highest BCUT2D eigenvalue weighted by Gasteiger charge is 2.12. The lowest BCUT2D eigenvalue weighted by Crippen LogP contribution is -2.24. The number of amides is 2. The summed E-state index contributed by atoms with van der Waals surface area (Å²) in [7, 11) is -3.74. The van der Waals surface area contributed by atoms with Gasteiger partial charge in [-0.15, -0.1) is 0 Å². The number of nitrogens with two attached hydrogens (primary N) is 1. The minimum atomic E-state index is -3.74. The SMILES string of the molecule is Cc1cc(/C=N/NC(=O)Nc2ccc(Br)cc2)c(C)n1-c1ccc(S(N)(=O)=O)cc1. The molecule has 0 bridgehead atoms. The number of rotatable bonds is 5. The third-order valence-electron chi connectivity index (χ3n) is 4.37. The van der Waals surface area contributed by atoms with Crippen molar-refractivity contribution in [1.82, 2.24) is 9.99 Å². The van der Waals surface area contributed by atoms with Crippen LogP contribution in [0.15, 0.2) is 69.1 Å². The van der Waals surface area contributed by atoms with E-state index in [-0.39, 0.29) is 4.90 Å². The van der Waals surface area contributed by atoms with Gasteiger partial charge in [0.2, 0.25) is 10.0 Å².